The number of amides is 1. The molecular formula is C16H16Cl3N3O. The molecule has 23 heavy (non-hydrogen) atoms. The van der Waals surface area contributed by atoms with Crippen LogP contribution in [-0.4, -0.2) is 21.8 Å². The van der Waals surface area contributed by atoms with Crippen molar-refractivity contribution in [3.63, 3.8) is 0 Å². The number of anilines is 1. The number of carbonyl (C=O) groups is 1. The van der Waals surface area contributed by atoms with Crippen LogP contribution in [-0.2, 0) is 6.54 Å². The number of benzene rings is 1. The topological polar surface area (TPSA) is 59.2 Å². The molecule has 0 bridgehead atoms. The Morgan fingerprint density at radius 2 is 1.96 bits per heavy atom. The summed E-state index contributed by atoms with van der Waals surface area (Å²) in [5.41, 5.74) is 7.51. The van der Waals surface area contributed by atoms with Crippen molar-refractivity contribution in [2.24, 2.45) is 0 Å². The lowest BCUT2D eigenvalue weighted by molar-refractivity contribution is 0.0724. The predicted molar refractivity (Wildman–Crippen MR) is 95.3 cm³/mol. The van der Waals surface area contributed by atoms with Gasteiger partial charge in [0.25, 0.3) is 5.91 Å². The van der Waals surface area contributed by atoms with Gasteiger partial charge in [-0.2, -0.15) is 0 Å². The van der Waals surface area contributed by atoms with E-state index in [1.54, 1.807) is 24.3 Å². The Bertz CT molecular complexity index is 702. The molecule has 0 atom stereocenters. The van der Waals surface area contributed by atoms with Gasteiger partial charge in [-0.25, -0.2) is 4.98 Å². The molecule has 0 spiro atoms. The Kier molecular flexibility index (Phi) is 5.74. The van der Waals surface area contributed by atoms with Gasteiger partial charge < -0.3 is 10.6 Å². The van der Waals surface area contributed by atoms with Gasteiger partial charge in [0.15, 0.2) is 0 Å². The molecule has 1 aromatic heterocycles. The maximum Gasteiger partial charge on any atom is 0.272 e. The summed E-state index contributed by atoms with van der Waals surface area (Å²) in [5, 5.41) is 1.00. The number of pyridine rings is 1. The van der Waals surface area contributed by atoms with Crippen LogP contribution in [0.4, 0.5) is 5.69 Å². The van der Waals surface area contributed by atoms with E-state index in [-0.39, 0.29) is 24.4 Å². The van der Waals surface area contributed by atoms with Gasteiger partial charge in [-0.05, 0) is 42.7 Å². The van der Waals surface area contributed by atoms with Gasteiger partial charge in [-0.3, -0.25) is 4.79 Å². The Morgan fingerprint density at radius 1 is 1.22 bits per heavy atom. The summed E-state index contributed by atoms with van der Waals surface area (Å²) >= 11 is 12.0. The fourth-order valence-electron chi connectivity index (χ4n) is 2.27. The first kappa shape index (κ1) is 17.9. The standard InChI is InChI=1S/C16H15Cl2N3O.ClH/c17-13-5-1-10(7-14(13)18)9-21(12-3-4-12)16(22)15-6-2-11(19)8-20-15;/h1-2,5-8,12H,3-4,9,19H2;1H. The fourth-order valence-corrected chi connectivity index (χ4v) is 2.59. The first-order valence-electron chi connectivity index (χ1n) is 7.01. The largest absolute Gasteiger partial charge is 0.397 e. The Hall–Kier alpha value is -1.49. The summed E-state index contributed by atoms with van der Waals surface area (Å²) in [6.45, 7) is 0.493. The van der Waals surface area contributed by atoms with Crippen molar-refractivity contribution in [1.82, 2.24) is 9.88 Å². The van der Waals surface area contributed by atoms with Crippen molar-refractivity contribution in [2.75, 3.05) is 5.73 Å². The minimum absolute atomic E-state index is 0. The van der Waals surface area contributed by atoms with Gasteiger partial charge >= 0.3 is 0 Å². The molecule has 122 valence electrons. The quantitative estimate of drug-likeness (QED) is 0.875. The van der Waals surface area contributed by atoms with E-state index >= 15 is 0 Å². The smallest absolute Gasteiger partial charge is 0.272 e. The lowest BCUT2D eigenvalue weighted by atomic mass is 10.2. The van der Waals surface area contributed by atoms with E-state index in [9.17, 15) is 4.79 Å². The van der Waals surface area contributed by atoms with Crippen LogP contribution in [0.15, 0.2) is 36.5 Å². The summed E-state index contributed by atoms with van der Waals surface area (Å²) in [6.07, 6.45) is 3.53. The monoisotopic (exact) mass is 371 g/mol. The lowest BCUT2D eigenvalue weighted by Crippen LogP contribution is -2.33. The maximum absolute atomic E-state index is 12.7. The molecule has 1 aliphatic carbocycles. The van der Waals surface area contributed by atoms with Crippen LogP contribution in [0.5, 0.6) is 0 Å². The van der Waals surface area contributed by atoms with Crippen molar-refractivity contribution in [3.8, 4) is 0 Å². The summed E-state index contributed by atoms with van der Waals surface area (Å²) in [4.78, 5) is 18.6. The minimum Gasteiger partial charge on any atom is -0.397 e. The molecule has 1 amide bonds. The summed E-state index contributed by atoms with van der Waals surface area (Å²) in [5.74, 6) is -0.0893. The van der Waals surface area contributed by atoms with E-state index in [0.29, 0.717) is 28.0 Å². The van der Waals surface area contributed by atoms with E-state index < -0.39 is 0 Å². The average molecular weight is 373 g/mol. The van der Waals surface area contributed by atoms with Crippen molar-refractivity contribution in [2.45, 2.75) is 25.4 Å². The minimum atomic E-state index is -0.0893. The highest BCUT2D eigenvalue weighted by Gasteiger charge is 2.33. The maximum atomic E-state index is 12.7. The van der Waals surface area contributed by atoms with Crippen molar-refractivity contribution >= 4 is 47.2 Å². The van der Waals surface area contributed by atoms with E-state index in [2.05, 4.69) is 4.98 Å². The highest BCUT2D eigenvalue weighted by atomic mass is 35.5. The van der Waals surface area contributed by atoms with Gasteiger partial charge in [0.1, 0.15) is 5.69 Å². The van der Waals surface area contributed by atoms with Crippen LogP contribution in [0, 0.1) is 0 Å². The zero-order valence-electron chi connectivity index (χ0n) is 12.2. The summed E-state index contributed by atoms with van der Waals surface area (Å²) < 4.78 is 0. The second-order valence-electron chi connectivity index (χ2n) is 5.39. The number of hydrogen-bond acceptors (Lipinski definition) is 3. The highest BCUT2D eigenvalue weighted by Crippen LogP contribution is 2.31. The molecule has 1 aromatic carbocycles. The first-order valence-corrected chi connectivity index (χ1v) is 7.76. The van der Waals surface area contributed by atoms with Crippen LogP contribution >= 0.6 is 35.6 Å². The zero-order valence-corrected chi connectivity index (χ0v) is 14.5. The number of halogens is 3. The van der Waals surface area contributed by atoms with E-state index in [1.807, 2.05) is 11.0 Å². The predicted octanol–water partition coefficient (Wildman–Crippen LogP) is 4.20. The van der Waals surface area contributed by atoms with Crippen molar-refractivity contribution in [3.05, 3.63) is 57.8 Å². The van der Waals surface area contributed by atoms with Crippen LogP contribution in [0.3, 0.4) is 0 Å². The van der Waals surface area contributed by atoms with Crippen LogP contribution in [0.2, 0.25) is 10.0 Å². The number of nitrogens with two attached hydrogens (primary N) is 1. The Labute approximate surface area is 151 Å². The third kappa shape index (κ3) is 4.28. The number of hydrogen-bond donors (Lipinski definition) is 1. The molecule has 0 unspecified atom stereocenters. The first-order chi connectivity index (χ1) is 10.5. The number of rotatable bonds is 4. The van der Waals surface area contributed by atoms with E-state index in [4.69, 9.17) is 28.9 Å². The molecule has 3 rings (SSSR count). The molecule has 7 heteroatoms. The van der Waals surface area contributed by atoms with Gasteiger partial charge in [-0.15, -0.1) is 12.4 Å². The zero-order chi connectivity index (χ0) is 15.7. The number of aromatic nitrogens is 1. The highest BCUT2D eigenvalue weighted by molar-refractivity contribution is 6.42. The molecule has 0 saturated heterocycles. The third-order valence-corrected chi connectivity index (χ3v) is 4.33. The van der Waals surface area contributed by atoms with Crippen LogP contribution in [0.25, 0.3) is 0 Å². The molecule has 1 fully saturated rings. The molecule has 2 N–H and O–H groups in total. The van der Waals surface area contributed by atoms with E-state index in [0.717, 1.165) is 18.4 Å². The normalized spacial score (nSPS) is 13.3. The molecule has 2 aromatic rings. The Balaban J connectivity index is 0.00000192. The van der Waals surface area contributed by atoms with Crippen molar-refractivity contribution < 1.29 is 4.79 Å². The van der Waals surface area contributed by atoms with E-state index in [1.165, 1.54) is 6.20 Å². The van der Waals surface area contributed by atoms with Crippen LogP contribution < -0.4 is 5.73 Å². The van der Waals surface area contributed by atoms with Gasteiger partial charge in [0, 0.05) is 12.6 Å². The molecule has 0 radical (unpaired) electrons. The molecular weight excluding hydrogens is 357 g/mol. The number of nitrogens with zero attached hydrogens (tertiary/aromatic N) is 2. The molecule has 1 heterocycles. The fraction of sp³-hybridized carbons (Fsp3) is 0.250. The van der Waals surface area contributed by atoms with Crippen molar-refractivity contribution in [1.29, 1.82) is 0 Å². The second-order valence-corrected chi connectivity index (χ2v) is 6.20. The number of nitrogen functional groups attached to an aromatic ring is 1. The molecule has 4 nitrogen and oxygen atoms in total. The second kappa shape index (κ2) is 7.39. The summed E-state index contributed by atoms with van der Waals surface area (Å²) in [6, 6.07) is 9.03. The number of carbonyl (C=O) groups excluding carboxylic acids is 1. The van der Waals surface area contributed by atoms with Gasteiger partial charge in [0.05, 0.1) is 21.9 Å². The average Bonchev–Trinajstić information content (AvgIpc) is 3.33. The molecule has 1 saturated carbocycles. The van der Waals surface area contributed by atoms with Crippen LogP contribution in [0.1, 0.15) is 28.9 Å². The SMILES string of the molecule is Cl.Nc1ccc(C(=O)N(Cc2ccc(Cl)c(Cl)c2)C2CC2)nc1. The van der Waals surface area contributed by atoms with Gasteiger partial charge in [-0.1, -0.05) is 29.3 Å². The summed E-state index contributed by atoms with van der Waals surface area (Å²) in [7, 11) is 0. The Morgan fingerprint density at radius 3 is 2.52 bits per heavy atom. The lowest BCUT2D eigenvalue weighted by Gasteiger charge is -2.22. The molecule has 0 aliphatic heterocycles. The van der Waals surface area contributed by atoms with Gasteiger partial charge in [0.2, 0.25) is 0 Å². The molecule has 1 aliphatic rings. The third-order valence-electron chi connectivity index (χ3n) is 3.59.